The summed E-state index contributed by atoms with van der Waals surface area (Å²) in [6, 6.07) is 9.80. The van der Waals surface area contributed by atoms with Crippen LogP contribution in [0.25, 0.3) is 17.1 Å². The van der Waals surface area contributed by atoms with Crippen LogP contribution in [0.3, 0.4) is 0 Å². The van der Waals surface area contributed by atoms with Crippen LogP contribution >= 0.6 is 0 Å². The Hall–Kier alpha value is -2.51. The molecular weight excluding hydrogens is 306 g/mol. The number of methoxy groups -OCH3 is 1. The van der Waals surface area contributed by atoms with Gasteiger partial charge >= 0.3 is 0 Å². The predicted octanol–water partition coefficient (Wildman–Crippen LogP) is 2.05. The minimum atomic E-state index is -0.454. The van der Waals surface area contributed by atoms with Crippen LogP contribution < -0.4 is 0 Å². The summed E-state index contributed by atoms with van der Waals surface area (Å²) in [5.74, 6) is 1.33. The fourth-order valence-electron chi connectivity index (χ4n) is 2.43. The third-order valence-electron chi connectivity index (χ3n) is 3.74. The Morgan fingerprint density at radius 2 is 2.04 bits per heavy atom. The Bertz CT molecular complexity index is 765. The molecule has 126 valence electrons. The number of nitrogens with zero attached hydrogens (tertiary/aromatic N) is 5. The van der Waals surface area contributed by atoms with Crippen molar-refractivity contribution >= 4 is 0 Å². The van der Waals surface area contributed by atoms with Crippen LogP contribution in [0.1, 0.15) is 19.2 Å². The summed E-state index contributed by atoms with van der Waals surface area (Å²) in [5, 5.41) is 18.6. The number of aliphatic hydroxyl groups excluding tert-OH is 1. The van der Waals surface area contributed by atoms with E-state index in [1.54, 1.807) is 22.7 Å². The monoisotopic (exact) mass is 327 g/mol. The quantitative estimate of drug-likeness (QED) is 0.718. The average Bonchev–Trinajstić information content (AvgIpc) is 3.25. The lowest BCUT2D eigenvalue weighted by atomic mass is 10.2. The van der Waals surface area contributed by atoms with E-state index in [1.165, 1.54) is 0 Å². The van der Waals surface area contributed by atoms with Crippen LogP contribution in [0.4, 0.5) is 0 Å². The minimum absolute atomic E-state index is 0.341. The molecule has 0 bridgehead atoms. The van der Waals surface area contributed by atoms with Crippen LogP contribution in [0.15, 0.2) is 42.7 Å². The zero-order valence-electron chi connectivity index (χ0n) is 13.8. The molecule has 0 saturated carbocycles. The molecule has 1 atom stereocenters. The second kappa shape index (κ2) is 7.37. The van der Waals surface area contributed by atoms with E-state index in [9.17, 15) is 5.11 Å². The zero-order chi connectivity index (χ0) is 16.9. The van der Waals surface area contributed by atoms with Crippen molar-refractivity contribution in [2.45, 2.75) is 32.6 Å². The molecule has 7 heteroatoms. The van der Waals surface area contributed by atoms with Crippen LogP contribution in [0, 0.1) is 0 Å². The van der Waals surface area contributed by atoms with Crippen LogP contribution in [0.2, 0.25) is 0 Å². The Kier molecular flexibility index (Phi) is 5.02. The van der Waals surface area contributed by atoms with E-state index in [0.717, 1.165) is 17.1 Å². The lowest BCUT2D eigenvalue weighted by Crippen LogP contribution is -2.17. The van der Waals surface area contributed by atoms with Crippen molar-refractivity contribution in [3.8, 4) is 17.1 Å². The van der Waals surface area contributed by atoms with Crippen molar-refractivity contribution in [2.75, 3.05) is 7.11 Å². The van der Waals surface area contributed by atoms with Gasteiger partial charge in [0.25, 0.3) is 0 Å². The molecule has 0 amide bonds. The van der Waals surface area contributed by atoms with Crippen molar-refractivity contribution in [1.82, 2.24) is 24.5 Å². The summed E-state index contributed by atoms with van der Waals surface area (Å²) in [6.07, 6.45) is 3.85. The molecule has 24 heavy (non-hydrogen) atoms. The van der Waals surface area contributed by atoms with E-state index in [4.69, 9.17) is 4.74 Å². The summed E-state index contributed by atoms with van der Waals surface area (Å²) in [6.45, 7) is 2.69. The maximum atomic E-state index is 9.96. The lowest BCUT2D eigenvalue weighted by molar-refractivity contribution is 0.144. The fourth-order valence-corrected chi connectivity index (χ4v) is 2.43. The third-order valence-corrected chi connectivity index (χ3v) is 3.74. The van der Waals surface area contributed by atoms with E-state index < -0.39 is 6.10 Å². The molecule has 1 aromatic carbocycles. The Labute approximate surface area is 140 Å². The largest absolute Gasteiger partial charge is 0.391 e. The number of aliphatic hydroxyl groups is 1. The van der Waals surface area contributed by atoms with Crippen molar-refractivity contribution in [2.24, 2.45) is 0 Å². The summed E-state index contributed by atoms with van der Waals surface area (Å²) in [5.41, 5.74) is 1.91. The molecule has 0 aliphatic rings. The van der Waals surface area contributed by atoms with Crippen molar-refractivity contribution in [3.63, 3.8) is 0 Å². The summed E-state index contributed by atoms with van der Waals surface area (Å²) < 4.78 is 8.66. The minimum Gasteiger partial charge on any atom is -0.391 e. The van der Waals surface area contributed by atoms with Crippen molar-refractivity contribution in [1.29, 1.82) is 0 Å². The van der Waals surface area contributed by atoms with Gasteiger partial charge < -0.3 is 9.84 Å². The third kappa shape index (κ3) is 3.52. The molecule has 0 unspecified atom stereocenters. The maximum absolute atomic E-state index is 9.96. The molecule has 3 rings (SSSR count). The molecule has 2 aromatic heterocycles. The molecule has 0 radical (unpaired) electrons. The number of ether oxygens (including phenoxy) is 1. The Morgan fingerprint density at radius 1 is 1.25 bits per heavy atom. The standard InChI is InChI=1S/C17H21N5O2/c1-3-15(23)11-22-17(19-16(20-22)12-24-2)13-5-7-14(8-6-13)21-10-4-9-18-21/h4-10,15,23H,3,11-12H2,1-2H3/t15-/m0/s1. The van der Waals surface area contributed by atoms with Gasteiger partial charge in [-0.05, 0) is 36.8 Å². The molecule has 0 saturated heterocycles. The van der Waals surface area contributed by atoms with Crippen LogP contribution in [-0.4, -0.2) is 42.9 Å². The predicted molar refractivity (Wildman–Crippen MR) is 89.6 cm³/mol. The van der Waals surface area contributed by atoms with Gasteiger partial charge in [-0.25, -0.2) is 14.3 Å². The van der Waals surface area contributed by atoms with Gasteiger partial charge in [-0.2, -0.15) is 10.2 Å². The van der Waals surface area contributed by atoms with E-state index in [2.05, 4.69) is 15.2 Å². The molecule has 1 N–H and O–H groups in total. The number of benzene rings is 1. The number of rotatable bonds is 7. The topological polar surface area (TPSA) is 78.0 Å². The second-order valence-electron chi connectivity index (χ2n) is 5.53. The van der Waals surface area contributed by atoms with Crippen molar-refractivity contribution in [3.05, 3.63) is 48.5 Å². The molecule has 7 nitrogen and oxygen atoms in total. The number of hydrogen-bond acceptors (Lipinski definition) is 5. The lowest BCUT2D eigenvalue weighted by Gasteiger charge is -2.10. The number of aromatic nitrogens is 5. The van der Waals surface area contributed by atoms with E-state index in [-0.39, 0.29) is 0 Å². The SMILES string of the molecule is CC[C@H](O)Cn1nc(COC)nc1-c1ccc(-n2cccn2)cc1. The van der Waals surface area contributed by atoms with Gasteiger partial charge in [0.15, 0.2) is 11.6 Å². The summed E-state index contributed by atoms with van der Waals surface area (Å²) in [4.78, 5) is 4.54. The molecule has 0 spiro atoms. The fraction of sp³-hybridized carbons (Fsp3) is 0.353. The van der Waals surface area contributed by atoms with E-state index >= 15 is 0 Å². The molecule has 0 aliphatic heterocycles. The highest BCUT2D eigenvalue weighted by Gasteiger charge is 2.14. The molecule has 0 fully saturated rings. The Morgan fingerprint density at radius 3 is 2.67 bits per heavy atom. The van der Waals surface area contributed by atoms with Gasteiger partial charge in [0.1, 0.15) is 6.61 Å². The molecule has 0 aliphatic carbocycles. The smallest absolute Gasteiger partial charge is 0.176 e. The highest BCUT2D eigenvalue weighted by molar-refractivity contribution is 5.57. The summed E-state index contributed by atoms with van der Waals surface area (Å²) >= 11 is 0. The van der Waals surface area contributed by atoms with Gasteiger partial charge in [0.2, 0.25) is 0 Å². The maximum Gasteiger partial charge on any atom is 0.176 e. The first-order valence-corrected chi connectivity index (χ1v) is 7.92. The normalized spacial score (nSPS) is 12.5. The first-order chi connectivity index (χ1) is 11.7. The Balaban J connectivity index is 1.92. The highest BCUT2D eigenvalue weighted by atomic mass is 16.5. The summed E-state index contributed by atoms with van der Waals surface area (Å²) in [7, 11) is 1.61. The highest BCUT2D eigenvalue weighted by Crippen LogP contribution is 2.20. The van der Waals surface area contributed by atoms with Gasteiger partial charge in [-0.3, -0.25) is 0 Å². The molecular formula is C17H21N5O2. The van der Waals surface area contributed by atoms with Crippen molar-refractivity contribution < 1.29 is 9.84 Å². The van der Waals surface area contributed by atoms with Crippen LogP contribution in [-0.2, 0) is 17.9 Å². The van der Waals surface area contributed by atoms with E-state index in [0.29, 0.717) is 25.4 Å². The van der Waals surface area contributed by atoms with E-state index in [1.807, 2.05) is 43.5 Å². The molecule has 3 aromatic rings. The van der Waals surface area contributed by atoms with Gasteiger partial charge in [-0.15, -0.1) is 0 Å². The zero-order valence-corrected chi connectivity index (χ0v) is 13.8. The van der Waals surface area contributed by atoms with Gasteiger partial charge in [0, 0.05) is 25.1 Å². The second-order valence-corrected chi connectivity index (χ2v) is 5.53. The first kappa shape index (κ1) is 16.4. The first-order valence-electron chi connectivity index (χ1n) is 7.92. The number of hydrogen-bond donors (Lipinski definition) is 1. The van der Waals surface area contributed by atoms with Gasteiger partial charge in [0.05, 0.1) is 18.3 Å². The molecule has 2 heterocycles. The van der Waals surface area contributed by atoms with Gasteiger partial charge in [-0.1, -0.05) is 6.92 Å². The van der Waals surface area contributed by atoms with Crippen LogP contribution in [0.5, 0.6) is 0 Å². The average molecular weight is 327 g/mol.